The molecule has 2 aliphatic rings. The molecule has 4 heteroatoms. The second kappa shape index (κ2) is 6.35. The molecule has 4 nitrogen and oxygen atoms in total. The molecule has 0 aromatic heterocycles. The van der Waals surface area contributed by atoms with Crippen molar-refractivity contribution in [3.05, 3.63) is 77.9 Å². The van der Waals surface area contributed by atoms with Crippen molar-refractivity contribution in [1.29, 1.82) is 0 Å². The number of benzene rings is 3. The Morgan fingerprint density at radius 1 is 1.07 bits per heavy atom. The van der Waals surface area contributed by atoms with Crippen LogP contribution in [0.15, 0.2) is 66.7 Å². The molecule has 2 aliphatic heterocycles. The van der Waals surface area contributed by atoms with Gasteiger partial charge in [-0.05, 0) is 29.4 Å². The van der Waals surface area contributed by atoms with Gasteiger partial charge in [0.15, 0.2) is 0 Å². The lowest BCUT2D eigenvalue weighted by atomic mass is 9.67. The lowest BCUT2D eigenvalue weighted by Crippen LogP contribution is -2.48. The summed E-state index contributed by atoms with van der Waals surface area (Å²) in [6.07, 6.45) is 0. The minimum atomic E-state index is -0.776. The third-order valence-corrected chi connectivity index (χ3v) is 6.46. The Morgan fingerprint density at radius 3 is 2.61 bits per heavy atom. The maximum Gasteiger partial charge on any atom is 0.317 e. The predicted octanol–water partition coefficient (Wildman–Crippen LogP) is 4.16. The third kappa shape index (κ3) is 2.24. The fourth-order valence-corrected chi connectivity index (χ4v) is 5.27. The van der Waals surface area contributed by atoms with Crippen molar-refractivity contribution >= 4 is 16.7 Å². The van der Waals surface area contributed by atoms with Crippen LogP contribution >= 0.6 is 0 Å². The summed E-state index contributed by atoms with van der Waals surface area (Å²) in [5, 5.41) is 2.29. The zero-order valence-corrected chi connectivity index (χ0v) is 16.1. The van der Waals surface area contributed by atoms with Crippen LogP contribution in [0.3, 0.4) is 0 Å². The van der Waals surface area contributed by atoms with Gasteiger partial charge < -0.3 is 9.47 Å². The van der Waals surface area contributed by atoms with E-state index in [2.05, 4.69) is 42.3 Å². The molecule has 1 saturated heterocycles. The highest BCUT2D eigenvalue weighted by atomic mass is 16.5. The number of methoxy groups -OCH3 is 1. The van der Waals surface area contributed by atoms with E-state index in [4.69, 9.17) is 9.47 Å². The maximum absolute atomic E-state index is 13.3. The van der Waals surface area contributed by atoms with Crippen LogP contribution in [0.2, 0.25) is 0 Å². The quantitative estimate of drug-likeness (QED) is 0.632. The number of carbonyl (C=O) groups excluding carboxylic acids is 1. The van der Waals surface area contributed by atoms with Crippen molar-refractivity contribution in [3.63, 3.8) is 0 Å². The van der Waals surface area contributed by atoms with E-state index in [1.807, 2.05) is 36.4 Å². The molecule has 1 fully saturated rings. The lowest BCUT2D eigenvalue weighted by molar-refractivity contribution is -0.159. The van der Waals surface area contributed by atoms with E-state index in [0.29, 0.717) is 6.61 Å². The molecule has 0 unspecified atom stereocenters. The Kier molecular flexibility index (Phi) is 3.91. The summed E-state index contributed by atoms with van der Waals surface area (Å²) in [6, 6.07) is 22.6. The zero-order valence-electron chi connectivity index (χ0n) is 16.1. The fourth-order valence-electron chi connectivity index (χ4n) is 5.27. The van der Waals surface area contributed by atoms with Crippen LogP contribution in [0.1, 0.15) is 23.1 Å². The van der Waals surface area contributed by atoms with Gasteiger partial charge in [0.1, 0.15) is 17.8 Å². The maximum atomic E-state index is 13.3. The van der Waals surface area contributed by atoms with Crippen LogP contribution in [-0.2, 0) is 9.53 Å². The van der Waals surface area contributed by atoms with E-state index in [1.165, 1.54) is 7.11 Å². The Hall–Kier alpha value is -2.85. The number of hydrogen-bond acceptors (Lipinski definition) is 4. The van der Waals surface area contributed by atoms with Gasteiger partial charge in [0, 0.05) is 18.0 Å². The molecule has 0 N–H and O–H groups in total. The standard InChI is InChI=1S/C24H23NO3/c1-25-14-19(17-9-4-3-5-10-17)24(23(26)27-2)15-28-20-13-12-16-8-6-7-11-18(16)21(20)22(24)25/h3-13,19,22H,14-15H2,1-2H3/t19-,22+,24-/m1/s1. The van der Waals surface area contributed by atoms with Crippen molar-refractivity contribution in [3.8, 4) is 5.75 Å². The van der Waals surface area contributed by atoms with Crippen LogP contribution in [0.25, 0.3) is 10.8 Å². The Bertz CT molecular complexity index is 1050. The number of likely N-dealkylation sites (N-methyl/N-ethyl adjacent to an activating group) is 1. The smallest absolute Gasteiger partial charge is 0.317 e. The molecule has 0 bridgehead atoms. The minimum absolute atomic E-state index is 0.00303. The van der Waals surface area contributed by atoms with Gasteiger partial charge in [0.2, 0.25) is 0 Å². The highest BCUT2D eigenvalue weighted by Gasteiger charge is 2.63. The normalized spacial score (nSPS) is 26.4. The summed E-state index contributed by atoms with van der Waals surface area (Å²) in [4.78, 5) is 15.6. The molecule has 142 valence electrons. The summed E-state index contributed by atoms with van der Waals surface area (Å²) in [5.41, 5.74) is 1.47. The molecule has 0 aliphatic carbocycles. The molecule has 28 heavy (non-hydrogen) atoms. The molecule has 0 radical (unpaired) electrons. The second-order valence-corrected chi connectivity index (χ2v) is 7.82. The van der Waals surface area contributed by atoms with Crippen LogP contribution in [-0.4, -0.2) is 38.2 Å². The number of nitrogens with zero attached hydrogens (tertiary/aromatic N) is 1. The summed E-state index contributed by atoms with van der Waals surface area (Å²) in [6.45, 7) is 1.09. The van der Waals surface area contributed by atoms with Gasteiger partial charge >= 0.3 is 5.97 Å². The van der Waals surface area contributed by atoms with Crippen molar-refractivity contribution < 1.29 is 14.3 Å². The van der Waals surface area contributed by atoms with E-state index < -0.39 is 5.41 Å². The first-order valence-electron chi connectivity index (χ1n) is 9.65. The molecule has 2 heterocycles. The molecule has 3 aromatic carbocycles. The van der Waals surface area contributed by atoms with Gasteiger partial charge in [-0.15, -0.1) is 0 Å². The SMILES string of the molecule is COC(=O)[C@@]12COc3ccc4ccccc4c3[C@@H]1N(C)C[C@@H]2c1ccccc1. The lowest BCUT2D eigenvalue weighted by Gasteiger charge is -2.42. The Morgan fingerprint density at radius 2 is 1.82 bits per heavy atom. The first-order chi connectivity index (χ1) is 13.7. The van der Waals surface area contributed by atoms with E-state index >= 15 is 0 Å². The number of ether oxygens (including phenoxy) is 2. The van der Waals surface area contributed by atoms with Gasteiger partial charge in [0.05, 0.1) is 13.2 Å². The number of carbonyl (C=O) groups is 1. The van der Waals surface area contributed by atoms with E-state index in [9.17, 15) is 4.79 Å². The molecule has 0 amide bonds. The van der Waals surface area contributed by atoms with Gasteiger partial charge in [-0.2, -0.15) is 0 Å². The average Bonchev–Trinajstić information content (AvgIpc) is 3.07. The molecular weight excluding hydrogens is 350 g/mol. The van der Waals surface area contributed by atoms with Crippen molar-refractivity contribution in [2.75, 3.05) is 27.3 Å². The zero-order chi connectivity index (χ0) is 19.3. The van der Waals surface area contributed by atoms with Crippen LogP contribution in [0.4, 0.5) is 0 Å². The molecular formula is C24H23NO3. The predicted molar refractivity (Wildman–Crippen MR) is 108 cm³/mol. The average molecular weight is 373 g/mol. The molecule has 0 spiro atoms. The van der Waals surface area contributed by atoms with Gasteiger partial charge in [0.25, 0.3) is 0 Å². The highest BCUT2D eigenvalue weighted by molar-refractivity contribution is 5.91. The highest BCUT2D eigenvalue weighted by Crippen LogP contribution is 2.60. The van der Waals surface area contributed by atoms with E-state index in [1.54, 1.807) is 0 Å². The number of hydrogen-bond donors (Lipinski definition) is 0. The van der Waals surface area contributed by atoms with Crippen molar-refractivity contribution in [2.24, 2.45) is 5.41 Å². The topological polar surface area (TPSA) is 38.8 Å². The summed E-state index contributed by atoms with van der Waals surface area (Å²) in [5.74, 6) is 0.668. The number of likely N-dealkylation sites (tertiary alicyclic amines) is 1. The Labute approximate surface area is 164 Å². The molecule has 3 atom stereocenters. The van der Waals surface area contributed by atoms with E-state index in [0.717, 1.165) is 34.2 Å². The molecule has 5 rings (SSSR count). The number of rotatable bonds is 2. The summed E-state index contributed by atoms with van der Waals surface area (Å²) in [7, 11) is 3.58. The number of esters is 1. The second-order valence-electron chi connectivity index (χ2n) is 7.82. The summed E-state index contributed by atoms with van der Waals surface area (Å²) >= 11 is 0. The van der Waals surface area contributed by atoms with Gasteiger partial charge in [-0.3, -0.25) is 9.69 Å². The van der Waals surface area contributed by atoms with Crippen LogP contribution < -0.4 is 4.74 Å². The van der Waals surface area contributed by atoms with Crippen molar-refractivity contribution in [1.82, 2.24) is 4.90 Å². The van der Waals surface area contributed by atoms with Crippen molar-refractivity contribution in [2.45, 2.75) is 12.0 Å². The molecule has 3 aromatic rings. The number of fused-ring (bicyclic) bond motifs is 5. The summed E-state index contributed by atoms with van der Waals surface area (Å²) < 4.78 is 11.6. The molecule has 0 saturated carbocycles. The Balaban J connectivity index is 1.77. The fraction of sp³-hybridized carbons (Fsp3) is 0.292. The first-order valence-corrected chi connectivity index (χ1v) is 9.65. The van der Waals surface area contributed by atoms with Crippen LogP contribution in [0, 0.1) is 5.41 Å². The van der Waals surface area contributed by atoms with Gasteiger partial charge in [-0.25, -0.2) is 0 Å². The largest absolute Gasteiger partial charge is 0.492 e. The van der Waals surface area contributed by atoms with Gasteiger partial charge in [-0.1, -0.05) is 60.7 Å². The van der Waals surface area contributed by atoms with Crippen LogP contribution in [0.5, 0.6) is 5.75 Å². The van der Waals surface area contributed by atoms with E-state index in [-0.39, 0.29) is 17.9 Å². The first kappa shape index (κ1) is 17.3. The third-order valence-electron chi connectivity index (χ3n) is 6.46. The minimum Gasteiger partial charge on any atom is -0.492 e. The monoisotopic (exact) mass is 373 g/mol.